The summed E-state index contributed by atoms with van der Waals surface area (Å²) in [6.07, 6.45) is -3.17. The molecular formula is C16H18F3N3O2. The highest BCUT2D eigenvalue weighted by Gasteiger charge is 2.42. The normalized spacial score (nSPS) is 21.9. The van der Waals surface area contributed by atoms with E-state index in [4.69, 9.17) is 4.52 Å². The highest BCUT2D eigenvalue weighted by atomic mass is 19.4. The second-order valence-corrected chi connectivity index (χ2v) is 6.33. The van der Waals surface area contributed by atoms with Gasteiger partial charge in [0.1, 0.15) is 0 Å². The van der Waals surface area contributed by atoms with E-state index < -0.39 is 24.0 Å². The molecule has 2 heterocycles. The van der Waals surface area contributed by atoms with Crippen molar-refractivity contribution in [3.63, 3.8) is 0 Å². The molecule has 1 saturated carbocycles. The van der Waals surface area contributed by atoms with Gasteiger partial charge in [-0.1, -0.05) is 11.6 Å². The SMILES string of the molecule is Cc1cc(C(=O)NC2CCCC(C(F)(F)F)C2)c2c(C)noc2n1. The van der Waals surface area contributed by atoms with E-state index in [2.05, 4.69) is 15.5 Å². The van der Waals surface area contributed by atoms with E-state index in [0.717, 1.165) is 0 Å². The zero-order valence-corrected chi connectivity index (χ0v) is 13.4. The standard InChI is InChI=1S/C16H18F3N3O2/c1-8-6-12(13-9(2)22-24-15(13)20-8)14(23)21-11-5-3-4-10(7-11)16(17,18)19/h6,10-11H,3-5,7H2,1-2H3,(H,21,23). The number of carbonyl (C=O) groups excluding carboxylic acids is 1. The summed E-state index contributed by atoms with van der Waals surface area (Å²) in [5, 5.41) is 7.04. The lowest BCUT2D eigenvalue weighted by atomic mass is 9.85. The Morgan fingerprint density at radius 3 is 2.79 bits per heavy atom. The van der Waals surface area contributed by atoms with E-state index >= 15 is 0 Å². The molecule has 2 unspecified atom stereocenters. The molecule has 0 spiro atoms. The molecule has 2 aromatic heterocycles. The number of hydrogen-bond donors (Lipinski definition) is 1. The maximum atomic E-state index is 12.9. The lowest BCUT2D eigenvalue weighted by Crippen LogP contribution is -2.41. The van der Waals surface area contributed by atoms with Crippen molar-refractivity contribution in [3.05, 3.63) is 23.0 Å². The Balaban J connectivity index is 1.82. The van der Waals surface area contributed by atoms with Gasteiger partial charge in [0.25, 0.3) is 11.6 Å². The molecule has 1 aliphatic rings. The third-order valence-electron chi connectivity index (χ3n) is 4.46. The number of aromatic nitrogens is 2. The topological polar surface area (TPSA) is 68.0 Å². The van der Waals surface area contributed by atoms with Crippen molar-refractivity contribution in [3.8, 4) is 0 Å². The van der Waals surface area contributed by atoms with Crippen LogP contribution in [0.3, 0.4) is 0 Å². The lowest BCUT2D eigenvalue weighted by molar-refractivity contribution is -0.183. The number of rotatable bonds is 2. The van der Waals surface area contributed by atoms with Crippen LogP contribution in [-0.2, 0) is 0 Å². The Morgan fingerprint density at radius 1 is 1.33 bits per heavy atom. The van der Waals surface area contributed by atoms with Crippen LogP contribution in [-0.4, -0.2) is 28.3 Å². The maximum absolute atomic E-state index is 12.9. The molecule has 3 rings (SSSR count). The van der Waals surface area contributed by atoms with Gasteiger partial charge in [-0.05, 0) is 39.2 Å². The fraction of sp³-hybridized carbons (Fsp3) is 0.562. The number of pyridine rings is 1. The van der Waals surface area contributed by atoms with Crippen LogP contribution in [0, 0.1) is 19.8 Å². The van der Waals surface area contributed by atoms with Crippen molar-refractivity contribution >= 4 is 17.0 Å². The molecule has 5 nitrogen and oxygen atoms in total. The Morgan fingerprint density at radius 2 is 2.08 bits per heavy atom. The van der Waals surface area contributed by atoms with Crippen LogP contribution in [0.4, 0.5) is 13.2 Å². The van der Waals surface area contributed by atoms with Crippen molar-refractivity contribution < 1.29 is 22.5 Å². The highest BCUT2D eigenvalue weighted by Crippen LogP contribution is 2.37. The van der Waals surface area contributed by atoms with Gasteiger partial charge in [0.15, 0.2) is 0 Å². The van der Waals surface area contributed by atoms with Gasteiger partial charge < -0.3 is 9.84 Å². The number of carbonyl (C=O) groups is 1. The van der Waals surface area contributed by atoms with E-state index in [0.29, 0.717) is 35.2 Å². The average molecular weight is 341 g/mol. The highest BCUT2D eigenvalue weighted by molar-refractivity contribution is 6.06. The van der Waals surface area contributed by atoms with E-state index in [1.165, 1.54) is 0 Å². The van der Waals surface area contributed by atoms with Crippen molar-refractivity contribution in [2.75, 3.05) is 0 Å². The van der Waals surface area contributed by atoms with Crippen molar-refractivity contribution in [2.45, 2.75) is 51.7 Å². The first kappa shape index (κ1) is 16.7. The van der Waals surface area contributed by atoms with Crippen LogP contribution in [0.15, 0.2) is 10.6 Å². The van der Waals surface area contributed by atoms with E-state index in [-0.39, 0.29) is 18.6 Å². The molecule has 0 aliphatic heterocycles. The molecule has 0 saturated heterocycles. The fourth-order valence-corrected chi connectivity index (χ4v) is 3.28. The first-order valence-corrected chi connectivity index (χ1v) is 7.87. The first-order valence-electron chi connectivity index (χ1n) is 7.87. The lowest BCUT2D eigenvalue weighted by Gasteiger charge is -2.31. The molecule has 1 fully saturated rings. The molecule has 2 atom stereocenters. The van der Waals surface area contributed by atoms with Crippen LogP contribution >= 0.6 is 0 Å². The van der Waals surface area contributed by atoms with E-state index in [9.17, 15) is 18.0 Å². The quantitative estimate of drug-likeness (QED) is 0.904. The number of aryl methyl sites for hydroxylation is 2. The van der Waals surface area contributed by atoms with Gasteiger partial charge in [-0.15, -0.1) is 0 Å². The number of halogens is 3. The summed E-state index contributed by atoms with van der Waals surface area (Å²) < 4.78 is 43.8. The van der Waals surface area contributed by atoms with Gasteiger partial charge in [0, 0.05) is 11.7 Å². The number of hydrogen-bond acceptors (Lipinski definition) is 4. The number of nitrogens with one attached hydrogen (secondary N) is 1. The first-order chi connectivity index (χ1) is 11.3. The summed E-state index contributed by atoms with van der Waals surface area (Å²) in [5.74, 6) is -1.77. The van der Waals surface area contributed by atoms with Crippen molar-refractivity contribution in [1.29, 1.82) is 0 Å². The molecule has 0 bridgehead atoms. The summed E-state index contributed by atoms with van der Waals surface area (Å²) in [5.41, 5.74) is 1.71. The molecule has 8 heteroatoms. The molecule has 130 valence electrons. The molecule has 2 aromatic rings. The second-order valence-electron chi connectivity index (χ2n) is 6.33. The Kier molecular flexibility index (Phi) is 4.23. The molecule has 0 aromatic carbocycles. The fourth-order valence-electron chi connectivity index (χ4n) is 3.28. The van der Waals surface area contributed by atoms with Gasteiger partial charge in [-0.2, -0.15) is 13.2 Å². The van der Waals surface area contributed by atoms with Crippen LogP contribution < -0.4 is 5.32 Å². The number of fused-ring (bicyclic) bond motifs is 1. The molecule has 1 aliphatic carbocycles. The Hall–Kier alpha value is -2.12. The summed E-state index contributed by atoms with van der Waals surface area (Å²) in [6, 6.07) is 1.12. The smallest absolute Gasteiger partial charge is 0.349 e. The summed E-state index contributed by atoms with van der Waals surface area (Å²) in [7, 11) is 0. The van der Waals surface area contributed by atoms with Gasteiger partial charge in [-0.25, -0.2) is 4.98 Å². The molecular weight excluding hydrogens is 323 g/mol. The van der Waals surface area contributed by atoms with Gasteiger partial charge in [0.2, 0.25) is 0 Å². The minimum absolute atomic E-state index is 0.0783. The zero-order chi connectivity index (χ0) is 17.5. The summed E-state index contributed by atoms with van der Waals surface area (Å²) in [4.78, 5) is 16.8. The third kappa shape index (κ3) is 3.22. The monoisotopic (exact) mass is 341 g/mol. The van der Waals surface area contributed by atoms with Crippen LogP contribution in [0.25, 0.3) is 11.1 Å². The van der Waals surface area contributed by atoms with Crippen LogP contribution in [0.2, 0.25) is 0 Å². The van der Waals surface area contributed by atoms with Crippen LogP contribution in [0.1, 0.15) is 47.4 Å². The van der Waals surface area contributed by atoms with Crippen molar-refractivity contribution in [1.82, 2.24) is 15.5 Å². The predicted molar refractivity (Wildman–Crippen MR) is 80.5 cm³/mol. The zero-order valence-electron chi connectivity index (χ0n) is 13.4. The average Bonchev–Trinajstić information content (AvgIpc) is 2.87. The Bertz CT molecular complexity index is 770. The summed E-state index contributed by atoms with van der Waals surface area (Å²) in [6.45, 7) is 3.41. The minimum atomic E-state index is -4.21. The Labute approximate surface area is 136 Å². The number of nitrogens with zero attached hydrogens (tertiary/aromatic N) is 2. The van der Waals surface area contributed by atoms with Crippen molar-refractivity contribution in [2.24, 2.45) is 5.92 Å². The van der Waals surface area contributed by atoms with Gasteiger partial charge in [-0.3, -0.25) is 4.79 Å². The van der Waals surface area contributed by atoms with Gasteiger partial charge in [0.05, 0.1) is 22.6 Å². The van der Waals surface area contributed by atoms with Crippen LogP contribution in [0.5, 0.6) is 0 Å². The predicted octanol–water partition coefficient (Wildman–Crippen LogP) is 3.69. The molecule has 24 heavy (non-hydrogen) atoms. The minimum Gasteiger partial charge on any atom is -0.349 e. The molecule has 1 amide bonds. The maximum Gasteiger partial charge on any atom is 0.391 e. The number of alkyl halides is 3. The summed E-state index contributed by atoms with van der Waals surface area (Å²) >= 11 is 0. The third-order valence-corrected chi connectivity index (χ3v) is 4.46. The number of amides is 1. The van der Waals surface area contributed by atoms with Gasteiger partial charge >= 0.3 is 6.18 Å². The second kappa shape index (κ2) is 6.07. The molecule has 0 radical (unpaired) electrons. The largest absolute Gasteiger partial charge is 0.391 e. The van der Waals surface area contributed by atoms with E-state index in [1.54, 1.807) is 19.9 Å². The van der Waals surface area contributed by atoms with E-state index in [1.807, 2.05) is 0 Å². The molecule has 1 N–H and O–H groups in total.